The maximum absolute atomic E-state index is 3.58. The van der Waals surface area contributed by atoms with E-state index in [1.54, 1.807) is 0 Å². The number of hydrogen-bond acceptors (Lipinski definition) is 2. The number of thiophene rings is 1. The van der Waals surface area contributed by atoms with Gasteiger partial charge in [-0.1, -0.05) is 25.5 Å². The minimum absolute atomic E-state index is 0.558. The van der Waals surface area contributed by atoms with Gasteiger partial charge in [0.1, 0.15) is 0 Å². The van der Waals surface area contributed by atoms with Crippen LogP contribution in [0.1, 0.15) is 26.7 Å². The molecule has 2 aromatic rings. The second-order valence-corrected chi connectivity index (χ2v) is 4.89. The lowest BCUT2D eigenvalue weighted by Crippen LogP contribution is -2.14. The van der Waals surface area contributed by atoms with Crippen molar-refractivity contribution in [2.75, 3.05) is 5.32 Å². The third-order valence-electron chi connectivity index (χ3n) is 2.60. The van der Waals surface area contributed by atoms with Crippen molar-refractivity contribution < 1.29 is 0 Å². The van der Waals surface area contributed by atoms with Gasteiger partial charge in [0, 0.05) is 6.04 Å². The van der Waals surface area contributed by atoms with Gasteiger partial charge in [0.05, 0.1) is 10.4 Å². The van der Waals surface area contributed by atoms with Gasteiger partial charge in [-0.05, 0) is 36.2 Å². The number of fused-ring (bicyclic) bond motifs is 1. The molecule has 0 aliphatic heterocycles. The number of benzene rings is 1. The van der Waals surface area contributed by atoms with Crippen molar-refractivity contribution in [3.8, 4) is 0 Å². The van der Waals surface area contributed by atoms with E-state index in [2.05, 4.69) is 48.8 Å². The third kappa shape index (κ3) is 2.32. The average molecular weight is 219 g/mol. The van der Waals surface area contributed by atoms with Crippen LogP contribution in [0.25, 0.3) is 10.1 Å². The van der Waals surface area contributed by atoms with Crippen molar-refractivity contribution in [3.63, 3.8) is 0 Å². The van der Waals surface area contributed by atoms with Crippen molar-refractivity contribution in [2.24, 2.45) is 0 Å². The lowest BCUT2D eigenvalue weighted by Gasteiger charge is -2.14. The maximum Gasteiger partial charge on any atom is 0.0574 e. The molecular formula is C13H17NS. The third-order valence-corrected chi connectivity index (χ3v) is 3.57. The zero-order valence-corrected chi connectivity index (χ0v) is 10.1. The van der Waals surface area contributed by atoms with E-state index in [4.69, 9.17) is 0 Å². The summed E-state index contributed by atoms with van der Waals surface area (Å²) >= 11 is 1.81. The molecule has 1 N–H and O–H groups in total. The predicted molar refractivity (Wildman–Crippen MR) is 69.8 cm³/mol. The molecule has 1 unspecified atom stereocenters. The highest BCUT2D eigenvalue weighted by atomic mass is 32.1. The standard InChI is InChI=1S/C13H17NS/c1-3-5-10(2)14-12-7-4-6-11-8-9-15-13(11)12/h4,6-10,14H,3,5H2,1-2H3. The molecule has 0 aliphatic carbocycles. The number of nitrogens with one attached hydrogen (secondary N) is 1. The van der Waals surface area contributed by atoms with Gasteiger partial charge < -0.3 is 5.32 Å². The topological polar surface area (TPSA) is 12.0 Å². The van der Waals surface area contributed by atoms with E-state index in [9.17, 15) is 0 Å². The van der Waals surface area contributed by atoms with Crippen LogP contribution < -0.4 is 5.32 Å². The Bertz CT molecular complexity index is 433. The summed E-state index contributed by atoms with van der Waals surface area (Å²) < 4.78 is 1.38. The Labute approximate surface area is 95.1 Å². The summed E-state index contributed by atoms with van der Waals surface area (Å²) in [6.45, 7) is 4.47. The lowest BCUT2D eigenvalue weighted by atomic mass is 10.1. The second-order valence-electron chi connectivity index (χ2n) is 3.98. The quantitative estimate of drug-likeness (QED) is 0.798. The fourth-order valence-corrected chi connectivity index (χ4v) is 2.75. The number of hydrogen-bond donors (Lipinski definition) is 1. The van der Waals surface area contributed by atoms with Crippen LogP contribution in [0.4, 0.5) is 5.69 Å². The molecule has 1 atom stereocenters. The minimum Gasteiger partial charge on any atom is -0.381 e. The van der Waals surface area contributed by atoms with Crippen molar-refractivity contribution in [2.45, 2.75) is 32.7 Å². The van der Waals surface area contributed by atoms with Gasteiger partial charge in [0.25, 0.3) is 0 Å². The van der Waals surface area contributed by atoms with Gasteiger partial charge in [-0.2, -0.15) is 0 Å². The molecule has 15 heavy (non-hydrogen) atoms. The zero-order chi connectivity index (χ0) is 10.7. The number of anilines is 1. The van der Waals surface area contributed by atoms with Crippen LogP contribution in [-0.4, -0.2) is 6.04 Å². The predicted octanol–water partition coefficient (Wildman–Crippen LogP) is 4.50. The van der Waals surface area contributed by atoms with E-state index in [0.717, 1.165) is 0 Å². The van der Waals surface area contributed by atoms with E-state index in [1.807, 2.05) is 11.3 Å². The first-order valence-corrected chi connectivity index (χ1v) is 6.42. The highest BCUT2D eigenvalue weighted by Gasteiger charge is 2.04. The molecule has 0 radical (unpaired) electrons. The molecule has 0 bridgehead atoms. The first-order chi connectivity index (χ1) is 7.31. The largest absolute Gasteiger partial charge is 0.381 e. The first kappa shape index (κ1) is 10.5. The van der Waals surface area contributed by atoms with Gasteiger partial charge >= 0.3 is 0 Å². The van der Waals surface area contributed by atoms with E-state index in [1.165, 1.54) is 28.6 Å². The molecule has 0 fully saturated rings. The fourth-order valence-electron chi connectivity index (χ4n) is 1.88. The Morgan fingerprint density at radius 1 is 1.33 bits per heavy atom. The van der Waals surface area contributed by atoms with Crippen LogP contribution >= 0.6 is 11.3 Å². The molecule has 2 rings (SSSR count). The molecule has 0 saturated heterocycles. The van der Waals surface area contributed by atoms with E-state index < -0.39 is 0 Å². The highest BCUT2D eigenvalue weighted by Crippen LogP contribution is 2.29. The summed E-state index contributed by atoms with van der Waals surface area (Å²) in [5.74, 6) is 0. The summed E-state index contributed by atoms with van der Waals surface area (Å²) in [6.07, 6.45) is 2.45. The summed E-state index contributed by atoms with van der Waals surface area (Å²) in [6, 6.07) is 9.20. The van der Waals surface area contributed by atoms with Gasteiger partial charge in [0.15, 0.2) is 0 Å². The van der Waals surface area contributed by atoms with E-state index >= 15 is 0 Å². The van der Waals surface area contributed by atoms with E-state index in [-0.39, 0.29) is 0 Å². The Balaban J connectivity index is 2.23. The Morgan fingerprint density at radius 2 is 2.20 bits per heavy atom. The Morgan fingerprint density at radius 3 is 3.00 bits per heavy atom. The van der Waals surface area contributed by atoms with Crippen LogP contribution in [0.3, 0.4) is 0 Å². The lowest BCUT2D eigenvalue weighted by molar-refractivity contribution is 0.691. The monoisotopic (exact) mass is 219 g/mol. The maximum atomic E-state index is 3.58. The fraction of sp³-hybridized carbons (Fsp3) is 0.385. The normalized spacial score (nSPS) is 12.9. The molecule has 80 valence electrons. The van der Waals surface area contributed by atoms with Crippen LogP contribution in [0.15, 0.2) is 29.6 Å². The molecule has 1 aromatic heterocycles. The van der Waals surface area contributed by atoms with Crippen LogP contribution in [0.2, 0.25) is 0 Å². The molecular weight excluding hydrogens is 202 g/mol. The second kappa shape index (κ2) is 4.67. The Kier molecular flexibility index (Phi) is 3.27. The van der Waals surface area contributed by atoms with Gasteiger partial charge in [-0.15, -0.1) is 11.3 Å². The van der Waals surface area contributed by atoms with Crippen molar-refractivity contribution in [3.05, 3.63) is 29.6 Å². The number of rotatable bonds is 4. The molecule has 0 spiro atoms. The van der Waals surface area contributed by atoms with Crippen molar-refractivity contribution in [1.29, 1.82) is 0 Å². The van der Waals surface area contributed by atoms with E-state index in [0.29, 0.717) is 6.04 Å². The van der Waals surface area contributed by atoms with Gasteiger partial charge in [-0.3, -0.25) is 0 Å². The molecule has 0 aliphatic rings. The van der Waals surface area contributed by atoms with Crippen LogP contribution in [-0.2, 0) is 0 Å². The summed E-state index contributed by atoms with van der Waals surface area (Å²) in [4.78, 5) is 0. The van der Waals surface area contributed by atoms with Gasteiger partial charge in [-0.25, -0.2) is 0 Å². The first-order valence-electron chi connectivity index (χ1n) is 5.54. The van der Waals surface area contributed by atoms with Crippen LogP contribution in [0.5, 0.6) is 0 Å². The molecule has 2 heteroatoms. The SMILES string of the molecule is CCCC(C)Nc1cccc2ccsc12. The molecule has 0 amide bonds. The molecule has 1 aromatic carbocycles. The van der Waals surface area contributed by atoms with Crippen molar-refractivity contribution in [1.82, 2.24) is 0 Å². The highest BCUT2D eigenvalue weighted by molar-refractivity contribution is 7.17. The van der Waals surface area contributed by atoms with Crippen LogP contribution in [0, 0.1) is 0 Å². The minimum atomic E-state index is 0.558. The Hall–Kier alpha value is -1.02. The molecule has 0 saturated carbocycles. The van der Waals surface area contributed by atoms with Gasteiger partial charge in [0.2, 0.25) is 0 Å². The molecule has 1 heterocycles. The average Bonchev–Trinajstić information content (AvgIpc) is 2.67. The zero-order valence-electron chi connectivity index (χ0n) is 9.29. The summed E-state index contributed by atoms with van der Waals surface area (Å²) in [5.41, 5.74) is 1.28. The molecule has 1 nitrogen and oxygen atoms in total. The van der Waals surface area contributed by atoms with Crippen molar-refractivity contribution >= 4 is 27.1 Å². The smallest absolute Gasteiger partial charge is 0.0574 e. The summed E-state index contributed by atoms with van der Waals surface area (Å²) in [7, 11) is 0. The summed E-state index contributed by atoms with van der Waals surface area (Å²) in [5, 5.41) is 7.08.